The summed E-state index contributed by atoms with van der Waals surface area (Å²) in [7, 11) is 0. The van der Waals surface area contributed by atoms with Gasteiger partial charge in [0, 0.05) is 35.9 Å². The Morgan fingerprint density at radius 3 is 2.62 bits per heavy atom. The van der Waals surface area contributed by atoms with Gasteiger partial charge in [-0.05, 0) is 30.5 Å². The first kappa shape index (κ1) is 24.1. The lowest BCUT2D eigenvalue weighted by atomic mass is 10.1. The van der Waals surface area contributed by atoms with Crippen molar-refractivity contribution in [3.05, 3.63) is 65.2 Å². The van der Waals surface area contributed by atoms with Gasteiger partial charge in [0.15, 0.2) is 0 Å². The number of carbonyl (C=O) groups excluding carboxylic acids is 1. The predicted octanol–water partition coefficient (Wildman–Crippen LogP) is 5.91. The van der Waals surface area contributed by atoms with E-state index >= 15 is 0 Å². The van der Waals surface area contributed by atoms with Crippen LogP contribution in [0, 0.1) is 5.92 Å². The molecule has 3 aromatic rings. The highest BCUT2D eigenvalue weighted by Crippen LogP contribution is 2.33. The fraction of sp³-hybridized carbons (Fsp3) is 0.385. The first-order valence-electron chi connectivity index (χ1n) is 11.7. The molecule has 8 heteroatoms. The Hall–Kier alpha value is -3.03. The van der Waals surface area contributed by atoms with Gasteiger partial charge in [-0.25, -0.2) is 4.79 Å². The number of hydrogen-bond acceptors (Lipinski definition) is 5. The zero-order valence-electron chi connectivity index (χ0n) is 19.7. The quantitative estimate of drug-likeness (QED) is 0.432. The number of anilines is 2. The first-order valence-corrected chi connectivity index (χ1v) is 12.1. The summed E-state index contributed by atoms with van der Waals surface area (Å²) in [6.45, 7) is 7.99. The van der Waals surface area contributed by atoms with Gasteiger partial charge in [-0.2, -0.15) is 0 Å². The average molecular weight is 483 g/mol. The van der Waals surface area contributed by atoms with Gasteiger partial charge < -0.3 is 24.4 Å². The molecule has 0 saturated carbocycles. The van der Waals surface area contributed by atoms with E-state index in [2.05, 4.69) is 29.2 Å². The molecule has 1 fully saturated rings. The van der Waals surface area contributed by atoms with Crippen LogP contribution in [0.3, 0.4) is 0 Å². The zero-order chi connectivity index (χ0) is 23.9. The van der Waals surface area contributed by atoms with Crippen LogP contribution in [0.2, 0.25) is 5.02 Å². The van der Waals surface area contributed by atoms with Crippen molar-refractivity contribution in [2.45, 2.75) is 26.8 Å². The van der Waals surface area contributed by atoms with Crippen LogP contribution in [-0.4, -0.2) is 48.9 Å². The van der Waals surface area contributed by atoms with E-state index in [1.165, 1.54) is 0 Å². The fourth-order valence-electron chi connectivity index (χ4n) is 3.91. The maximum Gasteiger partial charge on any atom is 0.322 e. The van der Waals surface area contributed by atoms with Crippen molar-refractivity contribution in [3.63, 3.8) is 0 Å². The van der Waals surface area contributed by atoms with E-state index in [-0.39, 0.29) is 6.03 Å². The molecule has 0 bridgehead atoms. The third-order valence-electron chi connectivity index (χ3n) is 5.80. The number of hydrogen-bond donors (Lipinski definition) is 1. The molecule has 1 N–H and O–H groups in total. The minimum Gasteiger partial charge on any atom is -0.378 e. The molecule has 0 radical (unpaired) electrons. The number of urea groups is 1. The van der Waals surface area contributed by atoms with E-state index in [1.54, 1.807) is 12.1 Å². The summed E-state index contributed by atoms with van der Waals surface area (Å²) in [5.74, 6) is 1.16. The van der Waals surface area contributed by atoms with Crippen molar-refractivity contribution in [1.29, 1.82) is 0 Å². The van der Waals surface area contributed by atoms with Gasteiger partial charge in [-0.15, -0.1) is 0 Å². The highest BCUT2D eigenvalue weighted by Gasteiger charge is 2.27. The van der Waals surface area contributed by atoms with Crippen molar-refractivity contribution >= 4 is 29.2 Å². The van der Waals surface area contributed by atoms with Crippen molar-refractivity contribution < 1.29 is 14.1 Å². The Morgan fingerprint density at radius 2 is 1.91 bits per heavy atom. The molecular weight excluding hydrogens is 452 g/mol. The molecule has 34 heavy (non-hydrogen) atoms. The number of aromatic nitrogens is 1. The van der Waals surface area contributed by atoms with Crippen LogP contribution in [0.1, 0.15) is 25.8 Å². The van der Waals surface area contributed by atoms with Crippen molar-refractivity contribution in [2.75, 3.05) is 43.1 Å². The molecule has 1 aliphatic heterocycles. The molecule has 0 spiro atoms. The number of halogens is 1. The van der Waals surface area contributed by atoms with E-state index in [0.717, 1.165) is 36.3 Å². The van der Waals surface area contributed by atoms with Crippen LogP contribution >= 0.6 is 11.6 Å². The van der Waals surface area contributed by atoms with E-state index in [0.29, 0.717) is 48.8 Å². The van der Waals surface area contributed by atoms with Gasteiger partial charge in [0.1, 0.15) is 5.69 Å². The summed E-state index contributed by atoms with van der Waals surface area (Å²) in [5, 5.41) is 8.00. The number of amides is 2. The van der Waals surface area contributed by atoms with Crippen molar-refractivity contribution in [1.82, 2.24) is 10.1 Å². The predicted molar refractivity (Wildman–Crippen MR) is 135 cm³/mol. The molecule has 2 amide bonds. The molecule has 0 atom stereocenters. The molecular formula is C26H31ClN4O3. The number of benzene rings is 2. The maximum atomic E-state index is 13.4. The fourth-order valence-corrected chi connectivity index (χ4v) is 4.10. The number of nitrogens with one attached hydrogen (secondary N) is 1. The topological polar surface area (TPSA) is 70.8 Å². The van der Waals surface area contributed by atoms with Crippen LogP contribution in [0.4, 0.5) is 16.4 Å². The van der Waals surface area contributed by atoms with Crippen LogP contribution in [0.25, 0.3) is 11.3 Å². The Balaban J connectivity index is 1.65. The second kappa shape index (κ2) is 11.4. The minimum atomic E-state index is -0.184. The van der Waals surface area contributed by atoms with E-state index in [1.807, 2.05) is 47.4 Å². The second-order valence-electron chi connectivity index (χ2n) is 8.82. The monoisotopic (exact) mass is 482 g/mol. The first-order chi connectivity index (χ1) is 16.5. The molecule has 0 unspecified atom stereocenters. The van der Waals surface area contributed by atoms with Gasteiger partial charge in [0.05, 0.1) is 25.3 Å². The molecule has 4 rings (SSSR count). The number of ether oxygens (including phenoxy) is 1. The minimum absolute atomic E-state index is 0.184. The van der Waals surface area contributed by atoms with Crippen LogP contribution < -0.4 is 10.2 Å². The van der Waals surface area contributed by atoms with Crippen molar-refractivity contribution in [3.8, 4) is 11.3 Å². The van der Waals surface area contributed by atoms with Crippen LogP contribution in [-0.2, 0) is 11.3 Å². The van der Waals surface area contributed by atoms with Gasteiger partial charge >= 0.3 is 6.03 Å². The SMILES string of the molecule is CC(C)CCN(Cc1c(-c2ccccc2)noc1N1CCOCC1)C(=O)Nc1cccc(Cl)c1. The zero-order valence-corrected chi connectivity index (χ0v) is 20.4. The largest absolute Gasteiger partial charge is 0.378 e. The van der Waals surface area contributed by atoms with E-state index in [9.17, 15) is 4.79 Å². The number of nitrogens with zero attached hydrogens (tertiary/aromatic N) is 3. The molecule has 7 nitrogen and oxygen atoms in total. The molecule has 1 aliphatic rings. The lowest BCUT2D eigenvalue weighted by Crippen LogP contribution is -2.38. The summed E-state index contributed by atoms with van der Waals surface area (Å²) in [6, 6.07) is 16.9. The van der Waals surface area contributed by atoms with Crippen molar-refractivity contribution in [2.24, 2.45) is 5.92 Å². The Kier molecular flexibility index (Phi) is 8.08. The molecule has 0 aliphatic carbocycles. The third kappa shape index (κ3) is 6.10. The standard InChI is InChI=1S/C26H31ClN4O3/c1-19(2)11-12-31(26(32)28-22-10-6-9-21(27)17-22)18-23-24(20-7-4-3-5-8-20)29-34-25(23)30-13-15-33-16-14-30/h3-10,17,19H,11-16,18H2,1-2H3,(H,28,32). The average Bonchev–Trinajstić information content (AvgIpc) is 3.26. The van der Waals surface area contributed by atoms with Crippen LogP contribution in [0.15, 0.2) is 59.1 Å². The highest BCUT2D eigenvalue weighted by molar-refractivity contribution is 6.30. The van der Waals surface area contributed by atoms with Crippen LogP contribution in [0.5, 0.6) is 0 Å². The molecule has 1 saturated heterocycles. The summed E-state index contributed by atoms with van der Waals surface area (Å²) in [6.07, 6.45) is 0.877. The molecule has 2 aromatic carbocycles. The Bertz CT molecular complexity index is 1080. The highest BCUT2D eigenvalue weighted by atomic mass is 35.5. The molecule has 2 heterocycles. The van der Waals surface area contributed by atoms with Gasteiger partial charge in [0.25, 0.3) is 0 Å². The van der Waals surface area contributed by atoms with E-state index < -0.39 is 0 Å². The number of carbonyl (C=O) groups is 1. The summed E-state index contributed by atoms with van der Waals surface area (Å²) < 4.78 is 11.4. The number of rotatable bonds is 8. The normalized spacial score (nSPS) is 13.8. The third-order valence-corrected chi connectivity index (χ3v) is 6.04. The smallest absolute Gasteiger partial charge is 0.322 e. The molecule has 180 valence electrons. The molecule has 1 aromatic heterocycles. The summed E-state index contributed by atoms with van der Waals surface area (Å²) in [5.41, 5.74) is 3.28. The summed E-state index contributed by atoms with van der Waals surface area (Å²) in [4.78, 5) is 17.4. The Morgan fingerprint density at radius 1 is 1.15 bits per heavy atom. The van der Waals surface area contributed by atoms with Gasteiger partial charge in [0.2, 0.25) is 5.88 Å². The summed E-state index contributed by atoms with van der Waals surface area (Å²) >= 11 is 6.12. The van der Waals surface area contributed by atoms with E-state index in [4.69, 9.17) is 20.9 Å². The van der Waals surface area contributed by atoms with Gasteiger partial charge in [-0.3, -0.25) is 0 Å². The lowest BCUT2D eigenvalue weighted by Gasteiger charge is -2.29. The number of morpholine rings is 1. The maximum absolute atomic E-state index is 13.4. The van der Waals surface area contributed by atoms with Gasteiger partial charge in [-0.1, -0.05) is 67.0 Å². The Labute approximate surface area is 205 Å². The lowest BCUT2D eigenvalue weighted by molar-refractivity contribution is 0.120. The second-order valence-corrected chi connectivity index (χ2v) is 9.26.